The molecule has 94 valence electrons. The number of hydrogen-bond donors (Lipinski definition) is 0. The minimum absolute atomic E-state index is 0.103. The van der Waals surface area contributed by atoms with Gasteiger partial charge in [-0.25, -0.2) is 4.98 Å². The maximum atomic E-state index is 10.7. The first-order chi connectivity index (χ1) is 9.13. The molecular formula is C14H10N2O2S. The molecule has 0 unspecified atom stereocenters. The predicted molar refractivity (Wildman–Crippen MR) is 76.4 cm³/mol. The van der Waals surface area contributed by atoms with Crippen molar-refractivity contribution in [2.45, 2.75) is 6.92 Å². The molecular weight excluding hydrogens is 260 g/mol. The van der Waals surface area contributed by atoms with Gasteiger partial charge in [0.2, 0.25) is 0 Å². The molecule has 0 N–H and O–H groups in total. The monoisotopic (exact) mass is 270 g/mol. The summed E-state index contributed by atoms with van der Waals surface area (Å²) in [7, 11) is 0. The number of aromatic nitrogens is 1. The molecule has 0 saturated carbocycles. The van der Waals surface area contributed by atoms with Gasteiger partial charge in [0.05, 0.1) is 15.1 Å². The number of nitro benzene ring substituents is 1. The van der Waals surface area contributed by atoms with Crippen molar-refractivity contribution in [2.24, 2.45) is 0 Å². The molecule has 0 fully saturated rings. The molecule has 0 aliphatic rings. The van der Waals surface area contributed by atoms with E-state index in [2.05, 4.69) is 4.98 Å². The summed E-state index contributed by atoms with van der Waals surface area (Å²) in [6.07, 6.45) is 0. The quantitative estimate of drug-likeness (QED) is 0.518. The predicted octanol–water partition coefficient (Wildman–Crippen LogP) is 4.18. The summed E-state index contributed by atoms with van der Waals surface area (Å²) in [6, 6.07) is 12.9. The van der Waals surface area contributed by atoms with Crippen molar-refractivity contribution in [1.29, 1.82) is 0 Å². The summed E-state index contributed by atoms with van der Waals surface area (Å²) in [5, 5.41) is 11.6. The first-order valence-corrected chi connectivity index (χ1v) is 6.57. The van der Waals surface area contributed by atoms with E-state index >= 15 is 0 Å². The Balaban J connectivity index is 2.11. The maximum Gasteiger partial charge on any atom is 0.270 e. The molecule has 0 amide bonds. The Labute approximate surface area is 113 Å². The Bertz CT molecular complexity index is 763. The Kier molecular flexibility index (Phi) is 2.76. The molecule has 0 spiro atoms. The minimum Gasteiger partial charge on any atom is -0.258 e. The maximum absolute atomic E-state index is 10.7. The van der Waals surface area contributed by atoms with Gasteiger partial charge in [-0.1, -0.05) is 29.8 Å². The second-order valence-corrected chi connectivity index (χ2v) is 5.32. The van der Waals surface area contributed by atoms with Crippen molar-refractivity contribution in [3.8, 4) is 10.6 Å². The van der Waals surface area contributed by atoms with Crippen LogP contribution in [-0.4, -0.2) is 9.91 Å². The number of rotatable bonds is 2. The van der Waals surface area contributed by atoms with Gasteiger partial charge in [-0.15, -0.1) is 11.3 Å². The SMILES string of the molecule is Cc1ccc(-c2nc3ccc([N+](=O)[O-])cc3s2)cc1. The molecule has 0 saturated heterocycles. The van der Waals surface area contributed by atoms with Crippen LogP contribution in [0.4, 0.5) is 5.69 Å². The lowest BCUT2D eigenvalue weighted by atomic mass is 10.2. The van der Waals surface area contributed by atoms with Crippen LogP contribution in [0.5, 0.6) is 0 Å². The van der Waals surface area contributed by atoms with E-state index in [0.29, 0.717) is 0 Å². The fourth-order valence-electron chi connectivity index (χ4n) is 1.85. The van der Waals surface area contributed by atoms with E-state index in [9.17, 15) is 10.1 Å². The van der Waals surface area contributed by atoms with E-state index in [4.69, 9.17) is 0 Å². The van der Waals surface area contributed by atoms with Crippen molar-refractivity contribution in [3.63, 3.8) is 0 Å². The van der Waals surface area contributed by atoms with Gasteiger partial charge in [0.1, 0.15) is 5.01 Å². The molecule has 0 aliphatic carbocycles. The van der Waals surface area contributed by atoms with E-state index in [-0.39, 0.29) is 10.6 Å². The van der Waals surface area contributed by atoms with Crippen LogP contribution in [0.2, 0.25) is 0 Å². The zero-order chi connectivity index (χ0) is 13.4. The number of non-ortho nitro benzene ring substituents is 1. The number of fused-ring (bicyclic) bond motifs is 1. The fourth-order valence-corrected chi connectivity index (χ4v) is 2.85. The van der Waals surface area contributed by atoms with E-state index in [1.54, 1.807) is 12.1 Å². The zero-order valence-corrected chi connectivity index (χ0v) is 11.0. The molecule has 0 radical (unpaired) electrons. The summed E-state index contributed by atoms with van der Waals surface area (Å²) in [6.45, 7) is 2.03. The highest BCUT2D eigenvalue weighted by Crippen LogP contribution is 2.32. The van der Waals surface area contributed by atoms with Gasteiger partial charge in [0.15, 0.2) is 0 Å². The minimum atomic E-state index is -0.384. The zero-order valence-electron chi connectivity index (χ0n) is 10.2. The largest absolute Gasteiger partial charge is 0.270 e. The lowest BCUT2D eigenvalue weighted by molar-refractivity contribution is -0.384. The number of nitrogens with zero attached hydrogens (tertiary/aromatic N) is 2. The summed E-state index contributed by atoms with van der Waals surface area (Å²) in [5.74, 6) is 0. The molecule has 2 aromatic carbocycles. The van der Waals surface area contributed by atoms with Crippen LogP contribution < -0.4 is 0 Å². The van der Waals surface area contributed by atoms with Crippen LogP contribution in [0, 0.1) is 17.0 Å². The lowest BCUT2D eigenvalue weighted by Gasteiger charge is -1.95. The average molecular weight is 270 g/mol. The Hall–Kier alpha value is -2.27. The topological polar surface area (TPSA) is 56.0 Å². The molecule has 3 aromatic rings. The molecule has 0 bridgehead atoms. The summed E-state index contributed by atoms with van der Waals surface area (Å²) in [5.41, 5.74) is 3.13. The van der Waals surface area contributed by atoms with Crippen molar-refractivity contribution in [2.75, 3.05) is 0 Å². The molecule has 1 heterocycles. The van der Waals surface area contributed by atoms with Crippen molar-refractivity contribution < 1.29 is 4.92 Å². The molecule has 0 aliphatic heterocycles. The van der Waals surface area contributed by atoms with Crippen molar-refractivity contribution in [3.05, 3.63) is 58.1 Å². The van der Waals surface area contributed by atoms with E-state index in [1.165, 1.54) is 23.0 Å². The number of nitro groups is 1. The van der Waals surface area contributed by atoms with E-state index < -0.39 is 0 Å². The summed E-state index contributed by atoms with van der Waals surface area (Å²) < 4.78 is 0.838. The molecule has 1 aromatic heterocycles. The molecule has 0 atom stereocenters. The number of hydrogen-bond acceptors (Lipinski definition) is 4. The van der Waals surface area contributed by atoms with Crippen LogP contribution in [0.15, 0.2) is 42.5 Å². The third kappa shape index (κ3) is 2.20. The van der Waals surface area contributed by atoms with Gasteiger partial charge in [-0.05, 0) is 13.0 Å². The lowest BCUT2D eigenvalue weighted by Crippen LogP contribution is -1.85. The van der Waals surface area contributed by atoms with Crippen LogP contribution in [0.25, 0.3) is 20.8 Å². The van der Waals surface area contributed by atoms with E-state index in [0.717, 1.165) is 20.8 Å². The third-order valence-corrected chi connectivity index (χ3v) is 3.95. The highest BCUT2D eigenvalue weighted by atomic mass is 32.1. The summed E-state index contributed by atoms with van der Waals surface area (Å²) >= 11 is 1.47. The standard InChI is InChI=1S/C14H10N2O2S/c1-9-2-4-10(5-3-9)14-15-12-7-6-11(16(17)18)8-13(12)19-14/h2-8H,1H3. The van der Waals surface area contributed by atoms with Crippen LogP contribution >= 0.6 is 11.3 Å². The molecule has 4 nitrogen and oxygen atoms in total. The second kappa shape index (κ2) is 4.44. The highest BCUT2D eigenvalue weighted by Gasteiger charge is 2.11. The second-order valence-electron chi connectivity index (χ2n) is 4.29. The Morgan fingerprint density at radius 1 is 1.16 bits per heavy atom. The van der Waals surface area contributed by atoms with Gasteiger partial charge < -0.3 is 0 Å². The Morgan fingerprint density at radius 2 is 1.89 bits per heavy atom. The first-order valence-electron chi connectivity index (χ1n) is 5.75. The van der Waals surface area contributed by atoms with Gasteiger partial charge >= 0.3 is 0 Å². The van der Waals surface area contributed by atoms with E-state index in [1.807, 2.05) is 31.2 Å². The third-order valence-electron chi connectivity index (χ3n) is 2.88. The van der Waals surface area contributed by atoms with Crippen LogP contribution in [-0.2, 0) is 0 Å². The van der Waals surface area contributed by atoms with Crippen LogP contribution in [0.3, 0.4) is 0 Å². The molecule has 3 rings (SSSR count). The smallest absolute Gasteiger partial charge is 0.258 e. The van der Waals surface area contributed by atoms with Crippen molar-refractivity contribution >= 4 is 27.2 Å². The highest BCUT2D eigenvalue weighted by molar-refractivity contribution is 7.21. The summed E-state index contributed by atoms with van der Waals surface area (Å²) in [4.78, 5) is 14.9. The van der Waals surface area contributed by atoms with Gasteiger partial charge in [-0.2, -0.15) is 0 Å². The number of benzene rings is 2. The molecule has 19 heavy (non-hydrogen) atoms. The average Bonchev–Trinajstić information content (AvgIpc) is 2.82. The van der Waals surface area contributed by atoms with Gasteiger partial charge in [0.25, 0.3) is 5.69 Å². The van der Waals surface area contributed by atoms with Gasteiger partial charge in [0, 0.05) is 17.7 Å². The van der Waals surface area contributed by atoms with Crippen molar-refractivity contribution in [1.82, 2.24) is 4.98 Å². The fraction of sp³-hybridized carbons (Fsp3) is 0.0714. The Morgan fingerprint density at radius 3 is 2.58 bits per heavy atom. The first kappa shape index (κ1) is 11.8. The van der Waals surface area contributed by atoms with Crippen LogP contribution in [0.1, 0.15) is 5.56 Å². The number of aryl methyl sites for hydroxylation is 1. The van der Waals surface area contributed by atoms with Gasteiger partial charge in [-0.3, -0.25) is 10.1 Å². The molecule has 5 heteroatoms. The normalized spacial score (nSPS) is 10.8. The number of thiazole rings is 1.